The Balaban J connectivity index is 1.63. The van der Waals surface area contributed by atoms with E-state index >= 15 is 0 Å². The Kier molecular flexibility index (Phi) is 6.00. The average Bonchev–Trinajstić information content (AvgIpc) is 2.92. The first kappa shape index (κ1) is 18.5. The summed E-state index contributed by atoms with van der Waals surface area (Å²) in [4.78, 5) is 20.6. The molecule has 1 N–H and O–H groups in total. The number of carbonyl (C=O) groups is 1. The van der Waals surface area contributed by atoms with Crippen LogP contribution in [0.2, 0.25) is 0 Å². The molecule has 7 heteroatoms. The highest BCUT2D eigenvalue weighted by Crippen LogP contribution is 2.19. The molecular weight excluding hydrogens is 330 g/mol. The molecule has 0 aliphatic carbocycles. The molecule has 0 radical (unpaired) electrons. The van der Waals surface area contributed by atoms with Crippen molar-refractivity contribution in [1.82, 2.24) is 24.6 Å². The van der Waals surface area contributed by atoms with Crippen molar-refractivity contribution in [3.05, 3.63) is 47.5 Å². The Hall–Kier alpha value is -2.25. The zero-order valence-electron chi connectivity index (χ0n) is 15.5. The van der Waals surface area contributed by atoms with E-state index in [2.05, 4.69) is 10.1 Å². The van der Waals surface area contributed by atoms with Crippen LogP contribution in [0, 0.1) is 0 Å². The van der Waals surface area contributed by atoms with Gasteiger partial charge >= 0.3 is 0 Å². The first-order chi connectivity index (χ1) is 12.5. The third kappa shape index (κ3) is 4.68. The van der Waals surface area contributed by atoms with Crippen molar-refractivity contribution in [2.75, 3.05) is 27.2 Å². The van der Waals surface area contributed by atoms with Crippen molar-refractivity contribution in [2.45, 2.75) is 38.5 Å². The number of carbonyl (C=O) groups excluding carboxylic acids is 1. The van der Waals surface area contributed by atoms with Gasteiger partial charge in [-0.05, 0) is 44.6 Å². The van der Waals surface area contributed by atoms with Crippen LogP contribution in [-0.4, -0.2) is 62.8 Å². The van der Waals surface area contributed by atoms with Gasteiger partial charge in [0.1, 0.15) is 6.10 Å². The number of aliphatic hydroxyl groups is 1. The molecule has 140 valence electrons. The molecule has 3 rings (SSSR count). The van der Waals surface area contributed by atoms with Crippen LogP contribution in [-0.2, 0) is 24.3 Å². The van der Waals surface area contributed by atoms with Crippen LogP contribution in [0.15, 0.2) is 30.6 Å². The van der Waals surface area contributed by atoms with E-state index < -0.39 is 6.10 Å². The lowest BCUT2D eigenvalue weighted by Crippen LogP contribution is -2.30. The average molecular weight is 357 g/mol. The van der Waals surface area contributed by atoms with E-state index in [1.54, 1.807) is 6.20 Å². The molecule has 1 atom stereocenters. The molecule has 3 heterocycles. The van der Waals surface area contributed by atoms with Gasteiger partial charge < -0.3 is 14.9 Å². The van der Waals surface area contributed by atoms with Gasteiger partial charge in [0.25, 0.3) is 0 Å². The number of hydrogen-bond acceptors (Lipinski definition) is 5. The van der Waals surface area contributed by atoms with Crippen LogP contribution in [0.4, 0.5) is 0 Å². The second kappa shape index (κ2) is 8.42. The third-order valence-electron chi connectivity index (χ3n) is 4.62. The summed E-state index contributed by atoms with van der Waals surface area (Å²) in [5.74, 6) is 0.152. The summed E-state index contributed by atoms with van der Waals surface area (Å²) >= 11 is 0. The number of amides is 1. The van der Waals surface area contributed by atoms with E-state index in [1.165, 1.54) is 0 Å². The highest BCUT2D eigenvalue weighted by Gasteiger charge is 2.22. The third-order valence-corrected chi connectivity index (χ3v) is 4.62. The highest BCUT2D eigenvalue weighted by atomic mass is 16.3. The van der Waals surface area contributed by atoms with Gasteiger partial charge in [0.15, 0.2) is 0 Å². The fourth-order valence-electron chi connectivity index (χ4n) is 3.26. The van der Waals surface area contributed by atoms with Gasteiger partial charge in [0, 0.05) is 38.4 Å². The predicted octanol–water partition coefficient (Wildman–Crippen LogP) is 1.24. The van der Waals surface area contributed by atoms with Gasteiger partial charge in [-0.1, -0.05) is 6.07 Å². The quantitative estimate of drug-likeness (QED) is 0.842. The lowest BCUT2D eigenvalue weighted by Gasteiger charge is -2.20. The van der Waals surface area contributed by atoms with Crippen molar-refractivity contribution in [3.63, 3.8) is 0 Å². The second-order valence-corrected chi connectivity index (χ2v) is 7.09. The van der Waals surface area contributed by atoms with Crippen LogP contribution >= 0.6 is 0 Å². The summed E-state index contributed by atoms with van der Waals surface area (Å²) in [5.41, 5.74) is 2.75. The molecule has 0 spiro atoms. The van der Waals surface area contributed by atoms with Crippen molar-refractivity contribution >= 4 is 5.91 Å². The van der Waals surface area contributed by atoms with Gasteiger partial charge in [0.05, 0.1) is 17.9 Å². The molecule has 26 heavy (non-hydrogen) atoms. The topological polar surface area (TPSA) is 74.5 Å². The molecule has 1 amide bonds. The molecule has 0 unspecified atom stereocenters. The Morgan fingerprint density at radius 2 is 2.23 bits per heavy atom. The van der Waals surface area contributed by atoms with Crippen LogP contribution in [0.1, 0.15) is 35.9 Å². The maximum Gasteiger partial charge on any atom is 0.223 e. The molecule has 2 aromatic heterocycles. The maximum atomic E-state index is 12.6. The number of fused-ring (bicyclic) bond motifs is 1. The normalized spacial score (nSPS) is 15.6. The molecule has 0 fully saturated rings. The van der Waals surface area contributed by atoms with E-state index in [0.29, 0.717) is 31.6 Å². The number of likely N-dealkylation sites (N-methyl/N-ethyl adjacent to an activating group) is 1. The summed E-state index contributed by atoms with van der Waals surface area (Å²) in [5, 5.41) is 14.8. The Morgan fingerprint density at radius 3 is 2.96 bits per heavy atom. The lowest BCUT2D eigenvalue weighted by molar-refractivity contribution is -0.131. The first-order valence-electron chi connectivity index (χ1n) is 9.09. The summed E-state index contributed by atoms with van der Waals surface area (Å²) in [6, 6.07) is 5.82. The van der Waals surface area contributed by atoms with Gasteiger partial charge in [-0.25, -0.2) is 0 Å². The number of hydrogen-bond donors (Lipinski definition) is 1. The van der Waals surface area contributed by atoms with Crippen LogP contribution in [0.25, 0.3) is 0 Å². The monoisotopic (exact) mass is 357 g/mol. The molecule has 1 aliphatic rings. The fourth-order valence-corrected chi connectivity index (χ4v) is 3.26. The number of nitrogens with zero attached hydrogens (tertiary/aromatic N) is 5. The predicted molar refractivity (Wildman–Crippen MR) is 98.3 cm³/mol. The number of pyridine rings is 1. The smallest absolute Gasteiger partial charge is 0.223 e. The molecular formula is C19H27N5O2. The van der Waals surface area contributed by atoms with E-state index in [0.717, 1.165) is 30.8 Å². The Morgan fingerprint density at radius 1 is 1.38 bits per heavy atom. The molecule has 0 saturated heterocycles. The summed E-state index contributed by atoms with van der Waals surface area (Å²) in [7, 11) is 3.85. The van der Waals surface area contributed by atoms with Gasteiger partial charge in [-0.3, -0.25) is 14.5 Å². The van der Waals surface area contributed by atoms with E-state index in [-0.39, 0.29) is 5.91 Å². The molecule has 7 nitrogen and oxygen atoms in total. The molecule has 1 aliphatic heterocycles. The van der Waals surface area contributed by atoms with Crippen LogP contribution < -0.4 is 0 Å². The Labute approximate surface area is 154 Å². The standard InChI is InChI=1S/C19H27N5O2/c1-22(2)14-18(25)17-11-16-13-23(9-4-10-24(16)21-17)19(26)7-6-15-5-3-8-20-12-15/h3,5,8,11-12,18,25H,4,6-7,9-10,13-14H2,1-2H3/t18-/m1/s1. The molecule has 0 saturated carbocycles. The largest absolute Gasteiger partial charge is 0.385 e. The van der Waals surface area contributed by atoms with Crippen LogP contribution in [0.5, 0.6) is 0 Å². The van der Waals surface area contributed by atoms with E-state index in [9.17, 15) is 9.90 Å². The number of aryl methyl sites for hydroxylation is 2. The SMILES string of the molecule is CN(C)C[C@@H](O)c1cc2n(n1)CCCN(C(=O)CCc1cccnc1)C2. The number of rotatable bonds is 6. The maximum absolute atomic E-state index is 12.6. The van der Waals surface area contributed by atoms with E-state index in [4.69, 9.17) is 0 Å². The zero-order valence-corrected chi connectivity index (χ0v) is 15.5. The van der Waals surface area contributed by atoms with Gasteiger partial charge in [-0.15, -0.1) is 0 Å². The van der Waals surface area contributed by atoms with E-state index in [1.807, 2.05) is 53.0 Å². The minimum Gasteiger partial charge on any atom is -0.385 e. The molecule has 0 aromatic carbocycles. The van der Waals surface area contributed by atoms with Crippen molar-refractivity contribution in [2.24, 2.45) is 0 Å². The number of aliphatic hydroxyl groups excluding tert-OH is 1. The first-order valence-corrected chi connectivity index (χ1v) is 9.09. The molecule has 2 aromatic rings. The number of aromatic nitrogens is 3. The minimum atomic E-state index is -0.612. The highest BCUT2D eigenvalue weighted by molar-refractivity contribution is 5.76. The zero-order chi connectivity index (χ0) is 18.5. The lowest BCUT2D eigenvalue weighted by atomic mass is 10.1. The van der Waals surface area contributed by atoms with Crippen LogP contribution in [0.3, 0.4) is 0 Å². The minimum absolute atomic E-state index is 0.152. The summed E-state index contributed by atoms with van der Waals surface area (Å²) in [6.07, 6.45) is 4.99. The van der Waals surface area contributed by atoms with Crippen molar-refractivity contribution in [1.29, 1.82) is 0 Å². The fraction of sp³-hybridized carbons (Fsp3) is 0.526. The van der Waals surface area contributed by atoms with Crippen molar-refractivity contribution < 1.29 is 9.90 Å². The van der Waals surface area contributed by atoms with Crippen molar-refractivity contribution in [3.8, 4) is 0 Å². The molecule has 0 bridgehead atoms. The second-order valence-electron chi connectivity index (χ2n) is 7.09. The van der Waals surface area contributed by atoms with Gasteiger partial charge in [-0.2, -0.15) is 5.10 Å². The Bertz CT molecular complexity index is 729. The van der Waals surface area contributed by atoms with Gasteiger partial charge in [0.2, 0.25) is 5.91 Å². The summed E-state index contributed by atoms with van der Waals surface area (Å²) < 4.78 is 1.93. The summed E-state index contributed by atoms with van der Waals surface area (Å²) in [6.45, 7) is 2.60.